The average Bonchev–Trinajstić information content (AvgIpc) is 2.47. The second-order valence-electron chi connectivity index (χ2n) is 2.30. The zero-order chi connectivity index (χ0) is 8.97. The highest BCUT2D eigenvalue weighted by Crippen LogP contribution is 1.91. The fraction of sp³-hybridized carbons (Fsp3) is 0.500. The van der Waals surface area contributed by atoms with E-state index in [1.807, 2.05) is 6.92 Å². The Hall–Kier alpha value is -1.59. The van der Waals surface area contributed by atoms with Crippen LogP contribution in [0.1, 0.15) is 24.0 Å². The van der Waals surface area contributed by atoms with Gasteiger partial charge in [0.15, 0.2) is 0 Å². The van der Waals surface area contributed by atoms with E-state index in [0.717, 1.165) is 6.42 Å². The number of H-pyrrole nitrogens is 1. The first-order valence-corrected chi connectivity index (χ1v) is 3.70. The van der Waals surface area contributed by atoms with Crippen LogP contribution in [0.2, 0.25) is 0 Å². The maximum Gasteiger partial charge on any atom is 0.288 e. The number of aromatic amines is 1. The Morgan fingerprint density at radius 1 is 1.75 bits per heavy atom. The maximum absolute atomic E-state index is 11.1. The molecule has 0 unspecified atom stereocenters. The van der Waals surface area contributed by atoms with E-state index < -0.39 is 0 Å². The first kappa shape index (κ1) is 8.51. The van der Waals surface area contributed by atoms with Crippen LogP contribution in [0, 0.1) is 0 Å². The van der Waals surface area contributed by atoms with Gasteiger partial charge in [0, 0.05) is 6.54 Å². The molecule has 6 nitrogen and oxygen atoms in total. The third kappa shape index (κ3) is 1.94. The van der Waals surface area contributed by atoms with E-state index in [9.17, 15) is 4.79 Å². The Morgan fingerprint density at radius 3 is 3.00 bits per heavy atom. The zero-order valence-corrected chi connectivity index (χ0v) is 6.79. The molecule has 0 radical (unpaired) electrons. The van der Waals surface area contributed by atoms with Gasteiger partial charge in [-0.2, -0.15) is 4.98 Å². The topological polar surface area (TPSA) is 96.7 Å². The number of nitrogen functional groups attached to an aromatic ring is 1. The number of carbonyl (C=O) groups excluding carboxylic acids is 1. The van der Waals surface area contributed by atoms with E-state index in [2.05, 4.69) is 20.5 Å². The van der Waals surface area contributed by atoms with E-state index >= 15 is 0 Å². The van der Waals surface area contributed by atoms with Gasteiger partial charge in [-0.1, -0.05) is 6.92 Å². The van der Waals surface area contributed by atoms with Gasteiger partial charge in [-0.15, -0.1) is 5.10 Å². The molecule has 66 valence electrons. The molecule has 0 aliphatic carbocycles. The van der Waals surface area contributed by atoms with Crippen LogP contribution in [0.5, 0.6) is 0 Å². The Morgan fingerprint density at radius 2 is 2.50 bits per heavy atom. The van der Waals surface area contributed by atoms with Crippen LogP contribution in [0.3, 0.4) is 0 Å². The lowest BCUT2D eigenvalue weighted by Crippen LogP contribution is -2.25. The minimum absolute atomic E-state index is 0.0802. The van der Waals surface area contributed by atoms with Gasteiger partial charge in [-0.25, -0.2) is 0 Å². The van der Waals surface area contributed by atoms with Crippen molar-refractivity contribution in [3.05, 3.63) is 5.82 Å². The average molecular weight is 169 g/mol. The molecule has 4 N–H and O–H groups in total. The van der Waals surface area contributed by atoms with Crippen LogP contribution >= 0.6 is 0 Å². The highest BCUT2D eigenvalue weighted by atomic mass is 16.2. The molecule has 1 aromatic heterocycles. The lowest BCUT2D eigenvalue weighted by Gasteiger charge is -1.97. The molecule has 0 aromatic carbocycles. The smallest absolute Gasteiger partial charge is 0.288 e. The monoisotopic (exact) mass is 169 g/mol. The number of amides is 1. The van der Waals surface area contributed by atoms with Crippen LogP contribution in [0.4, 0.5) is 5.95 Å². The van der Waals surface area contributed by atoms with Gasteiger partial charge in [-0.05, 0) is 6.42 Å². The van der Waals surface area contributed by atoms with Crippen molar-refractivity contribution in [1.82, 2.24) is 20.5 Å². The number of hydrogen-bond acceptors (Lipinski definition) is 4. The SMILES string of the molecule is CCCNC(=O)c1nc(N)n[nH]1. The van der Waals surface area contributed by atoms with Crippen molar-refractivity contribution in [3.8, 4) is 0 Å². The molecule has 0 saturated carbocycles. The minimum Gasteiger partial charge on any atom is -0.366 e. The zero-order valence-electron chi connectivity index (χ0n) is 6.79. The molecular weight excluding hydrogens is 158 g/mol. The van der Waals surface area contributed by atoms with E-state index in [0.29, 0.717) is 6.54 Å². The van der Waals surface area contributed by atoms with Crippen molar-refractivity contribution in [3.63, 3.8) is 0 Å². The summed E-state index contributed by atoms with van der Waals surface area (Å²) in [7, 11) is 0. The number of rotatable bonds is 3. The Bertz CT molecular complexity index is 269. The number of anilines is 1. The highest BCUT2D eigenvalue weighted by molar-refractivity contribution is 5.90. The lowest BCUT2D eigenvalue weighted by atomic mass is 10.4. The standard InChI is InChI=1S/C6H11N5O/c1-2-3-8-5(12)4-9-6(7)11-10-4/h2-3H2,1H3,(H,8,12)(H3,7,9,10,11). The van der Waals surface area contributed by atoms with Gasteiger partial charge in [0.25, 0.3) is 5.91 Å². The summed E-state index contributed by atoms with van der Waals surface area (Å²) in [6.45, 7) is 2.59. The molecule has 1 rings (SSSR count). The molecule has 0 spiro atoms. The molecule has 0 bridgehead atoms. The fourth-order valence-electron chi connectivity index (χ4n) is 0.699. The molecule has 12 heavy (non-hydrogen) atoms. The van der Waals surface area contributed by atoms with Crippen molar-refractivity contribution in [2.75, 3.05) is 12.3 Å². The molecular formula is C6H11N5O. The molecule has 1 amide bonds. The van der Waals surface area contributed by atoms with E-state index in [1.54, 1.807) is 0 Å². The van der Waals surface area contributed by atoms with Crippen molar-refractivity contribution in [1.29, 1.82) is 0 Å². The number of nitrogens with zero attached hydrogens (tertiary/aromatic N) is 2. The van der Waals surface area contributed by atoms with Gasteiger partial charge >= 0.3 is 0 Å². The Labute approximate surface area is 69.6 Å². The van der Waals surface area contributed by atoms with Crippen LogP contribution in [0.15, 0.2) is 0 Å². The molecule has 0 aliphatic rings. The van der Waals surface area contributed by atoms with Gasteiger partial charge in [0.2, 0.25) is 11.8 Å². The maximum atomic E-state index is 11.1. The van der Waals surface area contributed by atoms with E-state index in [1.165, 1.54) is 0 Å². The summed E-state index contributed by atoms with van der Waals surface area (Å²) < 4.78 is 0. The molecule has 0 aliphatic heterocycles. The second kappa shape index (κ2) is 3.70. The van der Waals surface area contributed by atoms with E-state index in [4.69, 9.17) is 5.73 Å². The predicted octanol–water partition coefficient (Wildman–Crippen LogP) is -0.473. The third-order valence-corrected chi connectivity index (χ3v) is 1.25. The Kier molecular flexibility index (Phi) is 2.62. The fourth-order valence-corrected chi connectivity index (χ4v) is 0.699. The van der Waals surface area contributed by atoms with Crippen LogP contribution in [0.25, 0.3) is 0 Å². The first-order chi connectivity index (χ1) is 5.74. The minimum atomic E-state index is -0.277. The van der Waals surface area contributed by atoms with Gasteiger partial charge < -0.3 is 11.1 Å². The van der Waals surface area contributed by atoms with Gasteiger partial charge in [-0.3, -0.25) is 9.89 Å². The highest BCUT2D eigenvalue weighted by Gasteiger charge is 2.08. The molecule has 1 heterocycles. The number of hydrogen-bond donors (Lipinski definition) is 3. The molecule has 6 heteroatoms. The van der Waals surface area contributed by atoms with Crippen molar-refractivity contribution >= 4 is 11.9 Å². The molecule has 0 saturated heterocycles. The van der Waals surface area contributed by atoms with Crippen LogP contribution in [-0.4, -0.2) is 27.6 Å². The second-order valence-corrected chi connectivity index (χ2v) is 2.30. The van der Waals surface area contributed by atoms with Gasteiger partial charge in [0.1, 0.15) is 0 Å². The largest absolute Gasteiger partial charge is 0.366 e. The van der Waals surface area contributed by atoms with Crippen molar-refractivity contribution < 1.29 is 4.79 Å². The third-order valence-electron chi connectivity index (χ3n) is 1.25. The lowest BCUT2D eigenvalue weighted by molar-refractivity contribution is 0.0944. The normalized spacial score (nSPS) is 9.75. The number of nitrogens with two attached hydrogens (primary N) is 1. The summed E-state index contributed by atoms with van der Waals surface area (Å²) >= 11 is 0. The summed E-state index contributed by atoms with van der Waals surface area (Å²) in [5.74, 6) is -0.0429. The first-order valence-electron chi connectivity index (χ1n) is 3.70. The van der Waals surface area contributed by atoms with Crippen LogP contribution < -0.4 is 11.1 Å². The summed E-state index contributed by atoms with van der Waals surface area (Å²) in [5, 5.41) is 8.58. The van der Waals surface area contributed by atoms with Crippen molar-refractivity contribution in [2.24, 2.45) is 0 Å². The predicted molar refractivity (Wildman–Crippen MR) is 43.4 cm³/mol. The van der Waals surface area contributed by atoms with Gasteiger partial charge in [0.05, 0.1) is 0 Å². The summed E-state index contributed by atoms with van der Waals surface area (Å²) in [5.41, 5.74) is 5.21. The summed E-state index contributed by atoms with van der Waals surface area (Å²) in [6, 6.07) is 0. The van der Waals surface area contributed by atoms with Crippen LogP contribution in [-0.2, 0) is 0 Å². The number of aromatic nitrogens is 3. The quantitative estimate of drug-likeness (QED) is 0.569. The molecule has 1 aromatic rings. The van der Waals surface area contributed by atoms with Crippen molar-refractivity contribution in [2.45, 2.75) is 13.3 Å². The number of nitrogens with one attached hydrogen (secondary N) is 2. The van der Waals surface area contributed by atoms with E-state index in [-0.39, 0.29) is 17.7 Å². The summed E-state index contributed by atoms with van der Waals surface area (Å²) in [4.78, 5) is 14.8. The molecule has 0 fully saturated rings. The summed E-state index contributed by atoms with van der Waals surface area (Å²) in [6.07, 6.45) is 0.884. The number of carbonyl (C=O) groups is 1. The Balaban J connectivity index is 2.53. The molecule has 0 atom stereocenters.